The number of para-hydroxylation sites is 1. The van der Waals surface area contributed by atoms with Gasteiger partial charge in [0.05, 0.1) is 23.7 Å². The molecule has 3 aromatic carbocycles. The van der Waals surface area contributed by atoms with Crippen LogP contribution >= 0.6 is 22.7 Å². The molecule has 0 saturated heterocycles. The van der Waals surface area contributed by atoms with Gasteiger partial charge in [-0.15, -0.1) is 22.7 Å². The van der Waals surface area contributed by atoms with E-state index in [1.807, 2.05) is 47.9 Å². The van der Waals surface area contributed by atoms with Crippen molar-refractivity contribution in [2.75, 3.05) is 0 Å². The highest BCUT2D eigenvalue weighted by atomic mass is 32.1. The van der Waals surface area contributed by atoms with Crippen LogP contribution < -0.4 is 0 Å². The van der Waals surface area contributed by atoms with Crippen LogP contribution in [-0.2, 0) is 6.42 Å². The van der Waals surface area contributed by atoms with Crippen LogP contribution in [0.15, 0.2) is 134 Å². The molecule has 0 spiro atoms. The minimum atomic E-state index is 0.740. The fourth-order valence-corrected chi connectivity index (χ4v) is 7.75. The fourth-order valence-electron chi connectivity index (χ4n) is 5.59. The summed E-state index contributed by atoms with van der Waals surface area (Å²) in [6.07, 6.45) is 6.09. The van der Waals surface area contributed by atoms with Gasteiger partial charge in [0, 0.05) is 42.6 Å². The Morgan fingerprint density at radius 2 is 1.62 bits per heavy atom. The van der Waals surface area contributed by atoms with E-state index in [1.54, 1.807) is 23.9 Å². The quantitative estimate of drug-likeness (QED) is 0.205. The Morgan fingerprint density at radius 1 is 0.725 bits per heavy atom. The van der Waals surface area contributed by atoms with Crippen LogP contribution in [0.1, 0.15) is 11.1 Å². The minimum absolute atomic E-state index is 0.740. The summed E-state index contributed by atoms with van der Waals surface area (Å²) in [7, 11) is 0. The standard InChI is InChI=1S/C35H22O3S2/c1-2-8-22(9-3-1)18-26-33(29-19-23-10-4-5-11-27(23)38-29)25(28-12-6-15-37-28)20-31-34(26)32(24-14-16-36-21-24)35(40-31)30-13-7-17-39-30/h1-17,19-21H,18H2. The smallest absolute Gasteiger partial charge is 0.136 e. The van der Waals surface area contributed by atoms with Crippen molar-refractivity contribution in [3.63, 3.8) is 0 Å². The number of hydrogen-bond donors (Lipinski definition) is 0. The molecule has 0 aliphatic rings. The summed E-state index contributed by atoms with van der Waals surface area (Å²) in [5.41, 5.74) is 7.68. The Morgan fingerprint density at radius 3 is 2.40 bits per heavy atom. The van der Waals surface area contributed by atoms with Crippen LogP contribution in [0.3, 0.4) is 0 Å². The first-order valence-corrected chi connectivity index (χ1v) is 14.8. The van der Waals surface area contributed by atoms with Gasteiger partial charge in [-0.05, 0) is 65.4 Å². The maximum atomic E-state index is 6.58. The molecule has 0 bridgehead atoms. The molecule has 0 fully saturated rings. The van der Waals surface area contributed by atoms with E-state index in [4.69, 9.17) is 13.3 Å². The Balaban J connectivity index is 1.54. The van der Waals surface area contributed by atoms with Gasteiger partial charge in [-0.1, -0.05) is 54.6 Å². The number of thiophene rings is 2. The lowest BCUT2D eigenvalue weighted by Gasteiger charge is -2.16. The van der Waals surface area contributed by atoms with Crippen molar-refractivity contribution < 1.29 is 13.3 Å². The molecule has 5 heteroatoms. The highest BCUT2D eigenvalue weighted by molar-refractivity contribution is 7.26. The molecule has 0 aliphatic carbocycles. The third-order valence-electron chi connectivity index (χ3n) is 7.32. The number of hydrogen-bond acceptors (Lipinski definition) is 5. The Bertz CT molecular complexity index is 2020. The van der Waals surface area contributed by atoms with E-state index >= 15 is 0 Å². The molecule has 8 aromatic rings. The highest BCUT2D eigenvalue weighted by Crippen LogP contribution is 2.52. The molecule has 0 aliphatic heterocycles. The predicted octanol–water partition coefficient (Wildman–Crippen LogP) is 11.2. The van der Waals surface area contributed by atoms with E-state index in [2.05, 4.69) is 72.1 Å². The summed E-state index contributed by atoms with van der Waals surface area (Å²) in [6, 6.07) is 33.6. The maximum Gasteiger partial charge on any atom is 0.136 e. The molecule has 40 heavy (non-hydrogen) atoms. The van der Waals surface area contributed by atoms with Crippen molar-refractivity contribution in [1.29, 1.82) is 0 Å². The minimum Gasteiger partial charge on any atom is -0.472 e. The molecule has 5 heterocycles. The van der Waals surface area contributed by atoms with E-state index in [-0.39, 0.29) is 0 Å². The van der Waals surface area contributed by atoms with Gasteiger partial charge >= 0.3 is 0 Å². The summed E-state index contributed by atoms with van der Waals surface area (Å²) in [4.78, 5) is 2.49. The number of fused-ring (bicyclic) bond motifs is 2. The van der Waals surface area contributed by atoms with Gasteiger partial charge < -0.3 is 13.3 Å². The molecule has 0 unspecified atom stereocenters. The zero-order valence-corrected chi connectivity index (χ0v) is 22.9. The molecule has 0 atom stereocenters. The number of benzene rings is 3. The van der Waals surface area contributed by atoms with Gasteiger partial charge in [-0.2, -0.15) is 0 Å². The molecule has 8 rings (SSSR count). The van der Waals surface area contributed by atoms with E-state index in [0.717, 1.165) is 45.6 Å². The zero-order chi connectivity index (χ0) is 26.5. The van der Waals surface area contributed by atoms with Gasteiger partial charge in [-0.3, -0.25) is 0 Å². The van der Waals surface area contributed by atoms with E-state index in [0.29, 0.717) is 0 Å². The van der Waals surface area contributed by atoms with Crippen LogP contribution in [0.5, 0.6) is 0 Å². The highest BCUT2D eigenvalue weighted by Gasteiger charge is 2.27. The predicted molar refractivity (Wildman–Crippen MR) is 165 cm³/mol. The Kier molecular flexibility index (Phi) is 5.57. The second-order valence-electron chi connectivity index (χ2n) is 9.73. The van der Waals surface area contributed by atoms with Crippen molar-refractivity contribution >= 4 is 43.7 Å². The van der Waals surface area contributed by atoms with Gasteiger partial charge in [0.25, 0.3) is 0 Å². The number of furan rings is 3. The number of rotatable bonds is 6. The Hall–Kier alpha value is -4.58. The molecule has 3 nitrogen and oxygen atoms in total. The average Bonchev–Trinajstić information content (AvgIpc) is 3.82. The van der Waals surface area contributed by atoms with Crippen molar-refractivity contribution in [1.82, 2.24) is 0 Å². The average molecular weight is 555 g/mol. The summed E-state index contributed by atoms with van der Waals surface area (Å²) >= 11 is 3.58. The molecular weight excluding hydrogens is 533 g/mol. The largest absolute Gasteiger partial charge is 0.472 e. The lowest BCUT2D eigenvalue weighted by Crippen LogP contribution is -1.97. The second-order valence-corrected chi connectivity index (χ2v) is 11.7. The van der Waals surface area contributed by atoms with Crippen LogP contribution in [0.25, 0.3) is 64.6 Å². The van der Waals surface area contributed by atoms with Crippen LogP contribution in [0.4, 0.5) is 0 Å². The molecule has 0 amide bonds. The molecule has 0 saturated carbocycles. The summed E-state index contributed by atoms with van der Waals surface area (Å²) < 4.78 is 19.5. The lowest BCUT2D eigenvalue weighted by molar-refractivity contribution is 0.568. The first-order valence-electron chi connectivity index (χ1n) is 13.1. The van der Waals surface area contributed by atoms with Gasteiger partial charge in [-0.25, -0.2) is 0 Å². The second kappa shape index (κ2) is 9.56. The SMILES string of the molecule is c1ccc(Cc2c(-c3cc4ccccc4o3)c(-c3ccco3)cc3sc(-c4cccs4)c(-c4ccoc4)c23)cc1. The summed E-state index contributed by atoms with van der Waals surface area (Å²) in [5.74, 6) is 1.66. The van der Waals surface area contributed by atoms with Crippen molar-refractivity contribution in [3.05, 3.63) is 132 Å². The zero-order valence-electron chi connectivity index (χ0n) is 21.3. The van der Waals surface area contributed by atoms with Crippen LogP contribution in [0.2, 0.25) is 0 Å². The molecule has 192 valence electrons. The van der Waals surface area contributed by atoms with Gasteiger partial charge in [0.1, 0.15) is 17.1 Å². The van der Waals surface area contributed by atoms with Crippen LogP contribution in [-0.4, -0.2) is 0 Å². The normalized spacial score (nSPS) is 11.6. The third kappa shape index (κ3) is 3.86. The summed E-state index contributed by atoms with van der Waals surface area (Å²) in [6.45, 7) is 0. The first-order chi connectivity index (χ1) is 19.8. The molecular formula is C35H22O3S2. The van der Waals surface area contributed by atoms with Crippen molar-refractivity contribution in [2.45, 2.75) is 6.42 Å². The maximum absolute atomic E-state index is 6.58. The van der Waals surface area contributed by atoms with Crippen LogP contribution in [0, 0.1) is 0 Å². The Labute approximate surface area is 238 Å². The molecule has 0 radical (unpaired) electrons. The van der Waals surface area contributed by atoms with E-state index in [9.17, 15) is 0 Å². The monoisotopic (exact) mass is 554 g/mol. The molecule has 0 N–H and O–H groups in total. The summed E-state index contributed by atoms with van der Waals surface area (Å²) in [5, 5.41) is 4.44. The van der Waals surface area contributed by atoms with Crippen molar-refractivity contribution in [3.8, 4) is 43.5 Å². The fraction of sp³-hybridized carbons (Fsp3) is 0.0286. The molecule has 5 aromatic heterocycles. The van der Waals surface area contributed by atoms with Crippen molar-refractivity contribution in [2.24, 2.45) is 0 Å². The third-order valence-corrected chi connectivity index (χ3v) is 9.51. The van der Waals surface area contributed by atoms with E-state index < -0.39 is 0 Å². The first kappa shape index (κ1) is 23.3. The van der Waals surface area contributed by atoms with E-state index in [1.165, 1.54) is 36.5 Å². The topological polar surface area (TPSA) is 39.4 Å². The lowest BCUT2D eigenvalue weighted by atomic mass is 9.87. The van der Waals surface area contributed by atoms with Gasteiger partial charge in [0.15, 0.2) is 0 Å². The van der Waals surface area contributed by atoms with Gasteiger partial charge in [0.2, 0.25) is 0 Å².